The van der Waals surface area contributed by atoms with Crippen LogP contribution in [0, 0.1) is 0 Å². The smallest absolute Gasteiger partial charge is 0.221 e. The molecule has 1 unspecified atom stereocenters. The van der Waals surface area contributed by atoms with Crippen molar-refractivity contribution in [2.75, 3.05) is 19.6 Å². The van der Waals surface area contributed by atoms with Gasteiger partial charge in [0.05, 0.1) is 10.9 Å². The van der Waals surface area contributed by atoms with Gasteiger partial charge in [-0.25, -0.2) is 0 Å². The van der Waals surface area contributed by atoms with Crippen LogP contribution in [0.15, 0.2) is 17.1 Å². The number of aliphatic hydroxyl groups excluding tert-OH is 1. The highest BCUT2D eigenvalue weighted by molar-refractivity contribution is 7.16. The van der Waals surface area contributed by atoms with Crippen molar-refractivity contribution in [1.29, 1.82) is 0 Å². The molecule has 1 amide bonds. The standard InChI is InChI=1S/C18H29ClN4O2S/c1-2-20-18(22-12-14(24)15-8-9-16(19)26-15)21-11-10-17(25)23-13-6-4-3-5-7-13/h8-9,13-14,24H,2-7,10-12H2,1H3,(H,23,25)(H2,20,21,22). The van der Waals surface area contributed by atoms with E-state index >= 15 is 0 Å². The monoisotopic (exact) mass is 400 g/mol. The zero-order valence-corrected chi connectivity index (χ0v) is 16.8. The Kier molecular flexibility index (Phi) is 9.22. The van der Waals surface area contributed by atoms with Gasteiger partial charge in [0, 0.05) is 30.4 Å². The van der Waals surface area contributed by atoms with Crippen molar-refractivity contribution >= 4 is 34.8 Å². The summed E-state index contributed by atoms with van der Waals surface area (Å²) in [6.07, 6.45) is 5.60. The minimum absolute atomic E-state index is 0.0773. The molecular weight excluding hydrogens is 372 g/mol. The molecular formula is C18H29ClN4O2S. The Balaban J connectivity index is 1.73. The summed E-state index contributed by atoms with van der Waals surface area (Å²) < 4.78 is 0.650. The van der Waals surface area contributed by atoms with Crippen LogP contribution < -0.4 is 16.0 Å². The summed E-state index contributed by atoms with van der Waals surface area (Å²) >= 11 is 7.25. The number of rotatable bonds is 8. The molecule has 0 radical (unpaired) electrons. The van der Waals surface area contributed by atoms with Crippen LogP contribution in [0.4, 0.5) is 0 Å². The highest BCUT2D eigenvalue weighted by Crippen LogP contribution is 2.26. The highest BCUT2D eigenvalue weighted by atomic mass is 35.5. The molecule has 1 aliphatic carbocycles. The summed E-state index contributed by atoms with van der Waals surface area (Å²) in [6, 6.07) is 3.91. The summed E-state index contributed by atoms with van der Waals surface area (Å²) in [6.45, 7) is 3.43. The lowest BCUT2D eigenvalue weighted by molar-refractivity contribution is -0.121. The van der Waals surface area contributed by atoms with Crippen molar-refractivity contribution in [2.24, 2.45) is 4.99 Å². The molecule has 8 heteroatoms. The molecule has 26 heavy (non-hydrogen) atoms. The molecule has 1 aliphatic rings. The predicted molar refractivity (Wildman–Crippen MR) is 108 cm³/mol. The Morgan fingerprint density at radius 2 is 2.12 bits per heavy atom. The van der Waals surface area contributed by atoms with Crippen LogP contribution in [0.3, 0.4) is 0 Å². The maximum Gasteiger partial charge on any atom is 0.221 e. The fraction of sp³-hybridized carbons (Fsp3) is 0.667. The first-order valence-electron chi connectivity index (χ1n) is 9.33. The Labute approximate surface area is 164 Å². The van der Waals surface area contributed by atoms with Crippen molar-refractivity contribution in [2.45, 2.75) is 57.6 Å². The van der Waals surface area contributed by atoms with Crippen LogP contribution >= 0.6 is 22.9 Å². The number of halogens is 1. The second-order valence-corrected chi connectivity index (χ2v) is 8.20. The van der Waals surface area contributed by atoms with Crippen LogP contribution in [0.5, 0.6) is 0 Å². The number of aliphatic hydroxyl groups is 1. The van der Waals surface area contributed by atoms with Crippen molar-refractivity contribution in [3.05, 3.63) is 21.3 Å². The van der Waals surface area contributed by atoms with Gasteiger partial charge in [0.15, 0.2) is 5.96 Å². The fourth-order valence-corrected chi connectivity index (χ4v) is 4.00. The molecule has 0 aliphatic heterocycles. The largest absolute Gasteiger partial charge is 0.386 e. The van der Waals surface area contributed by atoms with Gasteiger partial charge in [0.25, 0.3) is 0 Å². The maximum atomic E-state index is 12.0. The first-order chi connectivity index (χ1) is 12.6. The molecule has 0 saturated heterocycles. The minimum atomic E-state index is -0.683. The molecule has 0 spiro atoms. The number of hydrogen-bond donors (Lipinski definition) is 4. The summed E-state index contributed by atoms with van der Waals surface area (Å²) in [4.78, 5) is 17.2. The fourth-order valence-electron chi connectivity index (χ4n) is 2.96. The van der Waals surface area contributed by atoms with Crippen LogP contribution in [0.2, 0.25) is 4.34 Å². The van der Waals surface area contributed by atoms with E-state index in [2.05, 4.69) is 20.9 Å². The van der Waals surface area contributed by atoms with Crippen molar-refractivity contribution in [3.8, 4) is 0 Å². The third-order valence-corrected chi connectivity index (χ3v) is 5.64. The van der Waals surface area contributed by atoms with E-state index in [1.54, 1.807) is 6.07 Å². The molecule has 4 N–H and O–H groups in total. The van der Waals surface area contributed by atoms with E-state index < -0.39 is 6.10 Å². The van der Waals surface area contributed by atoms with Gasteiger partial charge in [-0.1, -0.05) is 30.9 Å². The molecule has 146 valence electrons. The number of aliphatic imine (C=N–C) groups is 1. The van der Waals surface area contributed by atoms with Crippen molar-refractivity contribution < 1.29 is 9.90 Å². The molecule has 1 aromatic heterocycles. The van der Waals surface area contributed by atoms with E-state index in [4.69, 9.17) is 11.6 Å². The lowest BCUT2D eigenvalue weighted by Crippen LogP contribution is -2.41. The van der Waals surface area contributed by atoms with Gasteiger partial charge in [-0.3, -0.25) is 9.79 Å². The number of carbonyl (C=O) groups excluding carboxylic acids is 1. The van der Waals surface area contributed by atoms with E-state index in [-0.39, 0.29) is 12.5 Å². The highest BCUT2D eigenvalue weighted by Gasteiger charge is 2.15. The van der Waals surface area contributed by atoms with Gasteiger partial charge in [-0.05, 0) is 31.9 Å². The maximum absolute atomic E-state index is 12.0. The predicted octanol–water partition coefficient (Wildman–Crippen LogP) is 2.83. The first-order valence-corrected chi connectivity index (χ1v) is 10.5. The summed E-state index contributed by atoms with van der Waals surface area (Å²) in [5.41, 5.74) is 0. The lowest BCUT2D eigenvalue weighted by Gasteiger charge is -2.22. The number of nitrogens with zero attached hydrogens (tertiary/aromatic N) is 1. The number of carbonyl (C=O) groups is 1. The minimum Gasteiger partial charge on any atom is -0.386 e. The zero-order chi connectivity index (χ0) is 18.8. The van der Waals surface area contributed by atoms with Gasteiger partial charge in [-0.2, -0.15) is 0 Å². The second-order valence-electron chi connectivity index (χ2n) is 6.46. The number of guanidine groups is 1. The van der Waals surface area contributed by atoms with E-state index in [1.165, 1.54) is 30.6 Å². The summed E-state index contributed by atoms with van der Waals surface area (Å²) in [5.74, 6) is 0.674. The van der Waals surface area contributed by atoms with Gasteiger partial charge in [0.2, 0.25) is 5.91 Å². The zero-order valence-electron chi connectivity index (χ0n) is 15.3. The van der Waals surface area contributed by atoms with E-state index in [9.17, 15) is 9.90 Å². The third-order valence-electron chi connectivity index (χ3n) is 4.30. The Morgan fingerprint density at radius 3 is 2.77 bits per heavy atom. The van der Waals surface area contributed by atoms with Gasteiger partial charge in [0.1, 0.15) is 6.10 Å². The van der Waals surface area contributed by atoms with Crippen LogP contribution in [-0.2, 0) is 4.79 Å². The SMILES string of the molecule is CCNC(=NCC(O)c1ccc(Cl)s1)NCCC(=O)NC1CCCCC1. The molecule has 1 saturated carbocycles. The molecule has 0 aromatic carbocycles. The topological polar surface area (TPSA) is 85.8 Å². The second kappa shape index (κ2) is 11.4. The average Bonchev–Trinajstić information content (AvgIpc) is 3.07. The normalized spacial score (nSPS) is 17.0. The van der Waals surface area contributed by atoms with Crippen LogP contribution in [0.1, 0.15) is 56.4 Å². The molecule has 6 nitrogen and oxygen atoms in total. The number of hydrogen-bond acceptors (Lipinski definition) is 4. The lowest BCUT2D eigenvalue weighted by atomic mass is 9.95. The summed E-state index contributed by atoms with van der Waals surface area (Å²) in [5, 5.41) is 19.5. The van der Waals surface area contributed by atoms with Crippen molar-refractivity contribution in [3.63, 3.8) is 0 Å². The molecule has 1 heterocycles. The Morgan fingerprint density at radius 1 is 1.35 bits per heavy atom. The molecule has 1 fully saturated rings. The van der Waals surface area contributed by atoms with Crippen molar-refractivity contribution in [1.82, 2.24) is 16.0 Å². The number of nitrogens with one attached hydrogen (secondary N) is 3. The molecule has 2 rings (SSSR count). The van der Waals surface area contributed by atoms with Gasteiger partial charge in [-0.15, -0.1) is 11.3 Å². The number of thiophene rings is 1. The van der Waals surface area contributed by atoms with E-state index in [0.717, 1.165) is 17.7 Å². The Hall–Kier alpha value is -1.31. The molecule has 1 atom stereocenters. The molecule has 1 aromatic rings. The van der Waals surface area contributed by atoms with Crippen LogP contribution in [0.25, 0.3) is 0 Å². The summed E-state index contributed by atoms with van der Waals surface area (Å²) in [7, 11) is 0. The van der Waals surface area contributed by atoms with Gasteiger partial charge < -0.3 is 21.1 Å². The quantitative estimate of drug-likeness (QED) is 0.399. The van der Waals surface area contributed by atoms with E-state index in [0.29, 0.717) is 35.8 Å². The van der Waals surface area contributed by atoms with E-state index in [1.807, 2.05) is 13.0 Å². The third kappa shape index (κ3) is 7.51. The van der Waals surface area contributed by atoms with Crippen LogP contribution in [-0.4, -0.2) is 42.6 Å². The first kappa shape index (κ1) is 21.0. The Bertz CT molecular complexity index is 588. The number of amides is 1. The van der Waals surface area contributed by atoms with Gasteiger partial charge >= 0.3 is 0 Å². The average molecular weight is 401 g/mol. The molecule has 0 bridgehead atoms.